The monoisotopic (exact) mass is 283 g/mol. The van der Waals surface area contributed by atoms with Crippen molar-refractivity contribution in [3.05, 3.63) is 16.1 Å². The van der Waals surface area contributed by atoms with E-state index in [2.05, 4.69) is 16.6 Å². The Morgan fingerprint density at radius 1 is 1.16 bits per heavy atom. The molecular formula is C15H25NO2S. The Balaban J connectivity index is 2.06. The molecule has 0 aliphatic rings. The van der Waals surface area contributed by atoms with Gasteiger partial charge in [0, 0.05) is 5.38 Å². The second-order valence-electron chi connectivity index (χ2n) is 4.84. The van der Waals surface area contributed by atoms with E-state index in [1.807, 2.05) is 0 Å². The van der Waals surface area contributed by atoms with Gasteiger partial charge in [-0.3, -0.25) is 0 Å². The standard InChI is InChI=1S/C15H25NO2S/c1-3-4-5-6-7-8-9-10-11-14-16-13(12-19-14)15(17)18-2/h12H,3-11H2,1-2H3. The highest BCUT2D eigenvalue weighted by molar-refractivity contribution is 7.09. The number of methoxy groups -OCH3 is 1. The lowest BCUT2D eigenvalue weighted by Gasteiger charge is -2.00. The molecule has 0 aliphatic heterocycles. The van der Waals surface area contributed by atoms with Crippen LogP contribution in [0.4, 0.5) is 0 Å². The number of esters is 1. The van der Waals surface area contributed by atoms with Crippen molar-refractivity contribution in [2.45, 2.75) is 64.7 Å². The van der Waals surface area contributed by atoms with Gasteiger partial charge in [-0.05, 0) is 12.8 Å². The molecule has 0 bridgehead atoms. The molecule has 3 nitrogen and oxygen atoms in total. The maximum Gasteiger partial charge on any atom is 0.357 e. The van der Waals surface area contributed by atoms with Crippen LogP contribution in [-0.4, -0.2) is 18.1 Å². The highest BCUT2D eigenvalue weighted by atomic mass is 32.1. The third kappa shape index (κ3) is 6.71. The molecule has 1 aromatic rings. The summed E-state index contributed by atoms with van der Waals surface area (Å²) in [4.78, 5) is 15.5. The first-order valence-corrected chi connectivity index (χ1v) is 8.18. The molecule has 0 aliphatic carbocycles. The van der Waals surface area contributed by atoms with Crippen molar-refractivity contribution in [1.82, 2.24) is 4.98 Å². The fourth-order valence-corrected chi connectivity index (χ4v) is 2.84. The number of aromatic nitrogens is 1. The molecular weight excluding hydrogens is 258 g/mol. The molecule has 1 heterocycles. The van der Waals surface area contributed by atoms with Crippen LogP contribution in [-0.2, 0) is 11.2 Å². The van der Waals surface area contributed by atoms with Crippen molar-refractivity contribution in [2.75, 3.05) is 7.11 Å². The third-order valence-electron chi connectivity index (χ3n) is 3.19. The van der Waals surface area contributed by atoms with Crippen LogP contribution in [0.2, 0.25) is 0 Å². The highest BCUT2D eigenvalue weighted by Crippen LogP contribution is 2.15. The summed E-state index contributed by atoms with van der Waals surface area (Å²) >= 11 is 1.56. The minimum Gasteiger partial charge on any atom is -0.464 e. The van der Waals surface area contributed by atoms with Gasteiger partial charge in [-0.25, -0.2) is 9.78 Å². The fourth-order valence-electron chi connectivity index (χ4n) is 2.03. The zero-order valence-electron chi connectivity index (χ0n) is 12.1. The summed E-state index contributed by atoms with van der Waals surface area (Å²) in [5.41, 5.74) is 0.446. The molecule has 19 heavy (non-hydrogen) atoms. The molecule has 0 amide bonds. The summed E-state index contributed by atoms with van der Waals surface area (Å²) in [6.07, 6.45) is 11.5. The fraction of sp³-hybridized carbons (Fsp3) is 0.733. The van der Waals surface area contributed by atoms with Gasteiger partial charge in [0.2, 0.25) is 0 Å². The zero-order valence-corrected chi connectivity index (χ0v) is 12.9. The Bertz CT molecular complexity index is 363. The van der Waals surface area contributed by atoms with Gasteiger partial charge < -0.3 is 4.74 Å². The van der Waals surface area contributed by atoms with E-state index in [0.717, 1.165) is 11.4 Å². The third-order valence-corrected chi connectivity index (χ3v) is 4.10. The Morgan fingerprint density at radius 2 is 1.79 bits per heavy atom. The second-order valence-corrected chi connectivity index (χ2v) is 5.79. The number of thiazole rings is 1. The molecule has 0 unspecified atom stereocenters. The number of rotatable bonds is 10. The largest absolute Gasteiger partial charge is 0.464 e. The summed E-state index contributed by atoms with van der Waals surface area (Å²) in [5, 5.41) is 2.83. The van der Waals surface area contributed by atoms with Crippen molar-refractivity contribution in [3.63, 3.8) is 0 Å². The second kappa shape index (κ2) is 9.96. The van der Waals surface area contributed by atoms with E-state index in [-0.39, 0.29) is 5.97 Å². The van der Waals surface area contributed by atoms with Crippen molar-refractivity contribution in [3.8, 4) is 0 Å². The van der Waals surface area contributed by atoms with Gasteiger partial charge in [0.25, 0.3) is 0 Å². The average Bonchev–Trinajstić information content (AvgIpc) is 2.89. The Labute approximate surface area is 120 Å². The molecule has 4 heteroatoms. The topological polar surface area (TPSA) is 39.2 Å². The lowest BCUT2D eigenvalue weighted by Crippen LogP contribution is -2.01. The smallest absolute Gasteiger partial charge is 0.357 e. The van der Waals surface area contributed by atoms with Crippen LogP contribution < -0.4 is 0 Å². The van der Waals surface area contributed by atoms with E-state index in [1.165, 1.54) is 58.5 Å². The molecule has 0 N–H and O–H groups in total. The molecule has 0 saturated carbocycles. The van der Waals surface area contributed by atoms with E-state index < -0.39 is 0 Å². The first-order valence-electron chi connectivity index (χ1n) is 7.30. The number of unbranched alkanes of at least 4 members (excludes halogenated alkanes) is 7. The van der Waals surface area contributed by atoms with Crippen molar-refractivity contribution < 1.29 is 9.53 Å². The van der Waals surface area contributed by atoms with Crippen LogP contribution in [0.3, 0.4) is 0 Å². The van der Waals surface area contributed by atoms with Gasteiger partial charge in [-0.2, -0.15) is 0 Å². The number of hydrogen-bond donors (Lipinski definition) is 0. The normalized spacial score (nSPS) is 10.6. The Morgan fingerprint density at radius 3 is 2.42 bits per heavy atom. The van der Waals surface area contributed by atoms with Gasteiger partial charge in [-0.1, -0.05) is 51.9 Å². The first-order chi connectivity index (χ1) is 9.27. The highest BCUT2D eigenvalue weighted by Gasteiger charge is 2.09. The molecule has 108 valence electrons. The maximum absolute atomic E-state index is 11.3. The summed E-state index contributed by atoms with van der Waals surface area (Å²) in [5.74, 6) is -0.335. The van der Waals surface area contributed by atoms with E-state index in [0.29, 0.717) is 5.69 Å². The van der Waals surface area contributed by atoms with Gasteiger partial charge in [-0.15, -0.1) is 11.3 Å². The van der Waals surface area contributed by atoms with Crippen LogP contribution >= 0.6 is 11.3 Å². The van der Waals surface area contributed by atoms with E-state index in [4.69, 9.17) is 0 Å². The van der Waals surface area contributed by atoms with Crippen LogP contribution in [0.1, 0.15) is 73.8 Å². The number of ether oxygens (including phenoxy) is 1. The number of carbonyl (C=O) groups excluding carboxylic acids is 1. The first kappa shape index (κ1) is 16.2. The molecule has 0 spiro atoms. The van der Waals surface area contributed by atoms with Crippen LogP contribution in [0.25, 0.3) is 0 Å². The lowest BCUT2D eigenvalue weighted by atomic mass is 10.1. The molecule has 0 aromatic carbocycles. The van der Waals surface area contributed by atoms with Crippen molar-refractivity contribution in [1.29, 1.82) is 0 Å². The maximum atomic E-state index is 11.3. The van der Waals surface area contributed by atoms with Crippen molar-refractivity contribution in [2.24, 2.45) is 0 Å². The molecule has 0 fully saturated rings. The lowest BCUT2D eigenvalue weighted by molar-refractivity contribution is 0.0594. The van der Waals surface area contributed by atoms with Crippen LogP contribution in [0.15, 0.2) is 5.38 Å². The number of hydrogen-bond acceptors (Lipinski definition) is 4. The molecule has 1 aromatic heterocycles. The molecule has 0 radical (unpaired) electrons. The minimum absolute atomic E-state index is 0.335. The number of aryl methyl sites for hydroxylation is 1. The average molecular weight is 283 g/mol. The molecule has 1 rings (SSSR count). The zero-order chi connectivity index (χ0) is 13.9. The Hall–Kier alpha value is -0.900. The van der Waals surface area contributed by atoms with E-state index in [1.54, 1.807) is 16.7 Å². The summed E-state index contributed by atoms with van der Waals surface area (Å²) in [7, 11) is 1.39. The number of carbonyl (C=O) groups is 1. The van der Waals surface area contributed by atoms with Gasteiger partial charge in [0.15, 0.2) is 5.69 Å². The predicted molar refractivity (Wildman–Crippen MR) is 79.8 cm³/mol. The molecule has 0 saturated heterocycles. The Kier molecular flexibility index (Phi) is 8.47. The predicted octanol–water partition coefficient (Wildman–Crippen LogP) is 4.61. The SMILES string of the molecule is CCCCCCCCCCc1nc(C(=O)OC)cs1. The van der Waals surface area contributed by atoms with Crippen molar-refractivity contribution >= 4 is 17.3 Å². The summed E-state index contributed by atoms with van der Waals surface area (Å²) in [6, 6.07) is 0. The van der Waals surface area contributed by atoms with Gasteiger partial charge in [0.05, 0.1) is 12.1 Å². The van der Waals surface area contributed by atoms with Gasteiger partial charge >= 0.3 is 5.97 Å². The van der Waals surface area contributed by atoms with Crippen LogP contribution in [0, 0.1) is 0 Å². The van der Waals surface area contributed by atoms with E-state index >= 15 is 0 Å². The van der Waals surface area contributed by atoms with E-state index in [9.17, 15) is 4.79 Å². The minimum atomic E-state index is -0.335. The molecule has 0 atom stereocenters. The quantitative estimate of drug-likeness (QED) is 0.465. The summed E-state index contributed by atoms with van der Waals surface area (Å²) in [6.45, 7) is 2.25. The number of nitrogens with zero attached hydrogens (tertiary/aromatic N) is 1. The van der Waals surface area contributed by atoms with Crippen LogP contribution in [0.5, 0.6) is 0 Å². The summed E-state index contributed by atoms with van der Waals surface area (Å²) < 4.78 is 4.64. The van der Waals surface area contributed by atoms with Gasteiger partial charge in [0.1, 0.15) is 0 Å².